The van der Waals surface area contributed by atoms with Crippen molar-refractivity contribution < 1.29 is 4.74 Å². The van der Waals surface area contributed by atoms with E-state index in [-0.39, 0.29) is 5.84 Å². The molecule has 4 heteroatoms. The van der Waals surface area contributed by atoms with Crippen LogP contribution >= 0.6 is 0 Å². The first kappa shape index (κ1) is 13.5. The lowest BCUT2D eigenvalue weighted by molar-refractivity contribution is 0.0701. The van der Waals surface area contributed by atoms with Crippen LogP contribution in [0.25, 0.3) is 0 Å². The van der Waals surface area contributed by atoms with Crippen LogP contribution in [0.2, 0.25) is 0 Å². The fourth-order valence-electron chi connectivity index (χ4n) is 2.13. The molecular formula is C12H25N3O. The highest BCUT2D eigenvalue weighted by molar-refractivity contribution is 5.76. The number of rotatable bonds is 7. The number of nitrogens with zero attached hydrogens (tertiary/aromatic N) is 1. The highest BCUT2D eigenvalue weighted by atomic mass is 16.5. The van der Waals surface area contributed by atoms with Gasteiger partial charge in [-0.05, 0) is 18.8 Å². The molecule has 0 bridgehead atoms. The standard InChI is InChI=1S/C12H25N3O/c1-10(2)8-15(6-5-12(13)14)9-11-4-3-7-16-11/h10-11H,3-9H2,1-2H3,(H3,13,14). The summed E-state index contributed by atoms with van der Waals surface area (Å²) >= 11 is 0. The zero-order chi connectivity index (χ0) is 12.0. The maximum Gasteiger partial charge on any atom is 0.0918 e. The zero-order valence-electron chi connectivity index (χ0n) is 10.5. The van der Waals surface area contributed by atoms with Gasteiger partial charge in [-0.3, -0.25) is 5.41 Å². The van der Waals surface area contributed by atoms with Crippen LogP contribution in [0.5, 0.6) is 0 Å². The molecule has 0 aliphatic carbocycles. The fraction of sp³-hybridized carbons (Fsp3) is 0.917. The van der Waals surface area contributed by atoms with E-state index in [1.54, 1.807) is 0 Å². The first-order valence-corrected chi connectivity index (χ1v) is 6.24. The van der Waals surface area contributed by atoms with Gasteiger partial charge in [-0.25, -0.2) is 0 Å². The summed E-state index contributed by atoms with van der Waals surface area (Å²) in [7, 11) is 0. The first-order chi connectivity index (χ1) is 7.58. The van der Waals surface area contributed by atoms with E-state index in [2.05, 4.69) is 18.7 Å². The second-order valence-corrected chi connectivity index (χ2v) is 5.06. The van der Waals surface area contributed by atoms with Crippen LogP contribution in [-0.4, -0.2) is 43.1 Å². The van der Waals surface area contributed by atoms with Crippen molar-refractivity contribution in [2.75, 3.05) is 26.2 Å². The van der Waals surface area contributed by atoms with Crippen LogP contribution in [0, 0.1) is 11.3 Å². The van der Waals surface area contributed by atoms with Crippen molar-refractivity contribution in [2.24, 2.45) is 11.7 Å². The normalized spacial score (nSPS) is 20.9. The summed E-state index contributed by atoms with van der Waals surface area (Å²) in [5.74, 6) is 0.925. The maximum absolute atomic E-state index is 7.27. The zero-order valence-corrected chi connectivity index (χ0v) is 10.5. The van der Waals surface area contributed by atoms with Crippen LogP contribution in [-0.2, 0) is 4.74 Å². The van der Waals surface area contributed by atoms with Crippen molar-refractivity contribution in [1.82, 2.24) is 4.90 Å². The van der Waals surface area contributed by atoms with E-state index in [1.165, 1.54) is 12.8 Å². The van der Waals surface area contributed by atoms with Gasteiger partial charge < -0.3 is 15.4 Å². The summed E-state index contributed by atoms with van der Waals surface area (Å²) in [6.45, 7) is 8.28. The third-order valence-electron chi connectivity index (χ3n) is 2.81. The molecule has 1 aliphatic heterocycles. The highest BCUT2D eigenvalue weighted by Gasteiger charge is 2.19. The first-order valence-electron chi connectivity index (χ1n) is 6.24. The van der Waals surface area contributed by atoms with Crippen molar-refractivity contribution in [3.05, 3.63) is 0 Å². The largest absolute Gasteiger partial charge is 0.388 e. The summed E-state index contributed by atoms with van der Waals surface area (Å²) in [4.78, 5) is 2.38. The van der Waals surface area contributed by atoms with Gasteiger partial charge in [0.2, 0.25) is 0 Å². The van der Waals surface area contributed by atoms with Gasteiger partial charge in [0, 0.05) is 32.7 Å². The summed E-state index contributed by atoms with van der Waals surface area (Å²) in [5.41, 5.74) is 5.41. The molecule has 1 atom stereocenters. The fourth-order valence-corrected chi connectivity index (χ4v) is 2.13. The number of hydrogen-bond acceptors (Lipinski definition) is 3. The van der Waals surface area contributed by atoms with Crippen molar-refractivity contribution in [3.63, 3.8) is 0 Å². The molecule has 16 heavy (non-hydrogen) atoms. The molecule has 0 radical (unpaired) electrons. The molecule has 1 unspecified atom stereocenters. The van der Waals surface area contributed by atoms with Gasteiger partial charge in [-0.15, -0.1) is 0 Å². The number of nitrogens with one attached hydrogen (secondary N) is 1. The molecule has 0 aromatic carbocycles. The predicted octanol–water partition coefficient (Wildman–Crippen LogP) is 1.45. The topological polar surface area (TPSA) is 62.3 Å². The summed E-state index contributed by atoms with van der Waals surface area (Å²) < 4.78 is 5.65. The van der Waals surface area contributed by atoms with Gasteiger partial charge in [0.1, 0.15) is 0 Å². The van der Waals surface area contributed by atoms with Crippen LogP contribution in [0.15, 0.2) is 0 Å². The summed E-state index contributed by atoms with van der Waals surface area (Å²) in [6, 6.07) is 0. The lowest BCUT2D eigenvalue weighted by atomic mass is 10.1. The van der Waals surface area contributed by atoms with E-state index in [0.717, 1.165) is 26.2 Å². The highest BCUT2D eigenvalue weighted by Crippen LogP contribution is 2.14. The Labute approximate surface area is 98.6 Å². The van der Waals surface area contributed by atoms with E-state index in [1.807, 2.05) is 0 Å². The second-order valence-electron chi connectivity index (χ2n) is 5.06. The Morgan fingerprint density at radius 2 is 2.31 bits per heavy atom. The van der Waals surface area contributed by atoms with Crippen LogP contribution in [0.3, 0.4) is 0 Å². The number of nitrogens with two attached hydrogens (primary N) is 1. The lowest BCUT2D eigenvalue weighted by Crippen LogP contribution is -2.37. The van der Waals surface area contributed by atoms with E-state index >= 15 is 0 Å². The van der Waals surface area contributed by atoms with Gasteiger partial charge in [-0.2, -0.15) is 0 Å². The van der Waals surface area contributed by atoms with E-state index < -0.39 is 0 Å². The monoisotopic (exact) mass is 227 g/mol. The molecule has 1 aliphatic rings. The van der Waals surface area contributed by atoms with Gasteiger partial charge in [0.15, 0.2) is 0 Å². The minimum Gasteiger partial charge on any atom is -0.388 e. The smallest absolute Gasteiger partial charge is 0.0918 e. The molecular weight excluding hydrogens is 202 g/mol. The van der Waals surface area contributed by atoms with Gasteiger partial charge >= 0.3 is 0 Å². The Kier molecular flexibility index (Phi) is 5.77. The van der Waals surface area contributed by atoms with Crippen LogP contribution < -0.4 is 5.73 Å². The Balaban J connectivity index is 2.32. The summed E-state index contributed by atoms with van der Waals surface area (Å²) in [5, 5.41) is 7.27. The molecule has 1 rings (SSSR count). The molecule has 0 aromatic heterocycles. The molecule has 0 aromatic rings. The third kappa shape index (κ3) is 5.47. The molecule has 0 amide bonds. The molecule has 1 fully saturated rings. The van der Waals surface area contributed by atoms with Crippen molar-refractivity contribution in [3.8, 4) is 0 Å². The number of ether oxygens (including phenoxy) is 1. The Morgan fingerprint density at radius 3 is 2.81 bits per heavy atom. The number of hydrogen-bond donors (Lipinski definition) is 2. The van der Waals surface area contributed by atoms with Crippen molar-refractivity contribution >= 4 is 5.84 Å². The van der Waals surface area contributed by atoms with Gasteiger partial charge in [-0.1, -0.05) is 13.8 Å². The van der Waals surface area contributed by atoms with Gasteiger partial charge in [0.05, 0.1) is 11.9 Å². The average Bonchev–Trinajstić information content (AvgIpc) is 2.66. The SMILES string of the molecule is CC(C)CN(CCC(=N)N)CC1CCCO1. The molecule has 1 saturated heterocycles. The molecule has 4 nitrogen and oxygen atoms in total. The predicted molar refractivity (Wildman–Crippen MR) is 66.8 cm³/mol. The molecule has 0 saturated carbocycles. The molecule has 94 valence electrons. The van der Waals surface area contributed by atoms with E-state index in [0.29, 0.717) is 18.4 Å². The maximum atomic E-state index is 7.27. The molecule has 1 heterocycles. The Bertz CT molecular complexity index is 212. The molecule has 3 N–H and O–H groups in total. The second kappa shape index (κ2) is 6.86. The molecule has 0 spiro atoms. The van der Waals surface area contributed by atoms with E-state index in [4.69, 9.17) is 15.9 Å². The van der Waals surface area contributed by atoms with Crippen LogP contribution in [0.1, 0.15) is 33.1 Å². The minimum atomic E-state index is 0.279. The average molecular weight is 227 g/mol. The Morgan fingerprint density at radius 1 is 1.56 bits per heavy atom. The third-order valence-corrected chi connectivity index (χ3v) is 2.81. The van der Waals surface area contributed by atoms with Gasteiger partial charge in [0.25, 0.3) is 0 Å². The van der Waals surface area contributed by atoms with Crippen molar-refractivity contribution in [2.45, 2.75) is 39.2 Å². The number of amidine groups is 1. The van der Waals surface area contributed by atoms with Crippen LogP contribution in [0.4, 0.5) is 0 Å². The Hall–Kier alpha value is -0.610. The minimum absolute atomic E-state index is 0.279. The quantitative estimate of drug-likeness (QED) is 0.511. The van der Waals surface area contributed by atoms with E-state index in [9.17, 15) is 0 Å². The van der Waals surface area contributed by atoms with Crippen molar-refractivity contribution in [1.29, 1.82) is 5.41 Å². The lowest BCUT2D eigenvalue weighted by Gasteiger charge is -2.26. The summed E-state index contributed by atoms with van der Waals surface area (Å²) in [6.07, 6.45) is 3.42.